The van der Waals surface area contributed by atoms with Crippen LogP contribution in [0.15, 0.2) is 47.1 Å². The van der Waals surface area contributed by atoms with Gasteiger partial charge in [-0.25, -0.2) is 0 Å². The van der Waals surface area contributed by atoms with Crippen molar-refractivity contribution in [1.29, 1.82) is 0 Å². The molecule has 0 spiro atoms. The molecule has 1 aliphatic rings. The van der Waals surface area contributed by atoms with E-state index in [0.29, 0.717) is 11.1 Å². The standard InChI is InChI=1S/C9H6O2.C4H5BO3/c10-8-5-9(11)7-4-2-1-3-6(7)8;6-5(7)4-2-1-3-8-4/h1-4H,5H2;1-3,6-7H. The third-order valence-electron chi connectivity index (χ3n) is 2.65. The van der Waals surface area contributed by atoms with Crippen molar-refractivity contribution in [3.05, 3.63) is 53.8 Å². The quantitative estimate of drug-likeness (QED) is 0.571. The van der Waals surface area contributed by atoms with Gasteiger partial charge >= 0.3 is 7.12 Å². The number of carbonyl (C=O) groups excluding carboxylic acids is 2. The zero-order valence-corrected chi connectivity index (χ0v) is 9.95. The number of carbonyl (C=O) groups is 2. The van der Waals surface area contributed by atoms with Gasteiger partial charge in [-0.1, -0.05) is 24.3 Å². The molecule has 2 N–H and O–H groups in total. The minimum atomic E-state index is -1.48. The first-order valence-electron chi connectivity index (χ1n) is 5.64. The average molecular weight is 258 g/mol. The van der Waals surface area contributed by atoms with Gasteiger partial charge in [0.15, 0.2) is 11.6 Å². The van der Waals surface area contributed by atoms with Crippen molar-refractivity contribution >= 4 is 24.3 Å². The summed E-state index contributed by atoms with van der Waals surface area (Å²) in [5.41, 5.74) is 1.33. The normalized spacial score (nSPS) is 12.7. The number of fused-ring (bicyclic) bond motifs is 1. The van der Waals surface area contributed by atoms with E-state index >= 15 is 0 Å². The number of benzene rings is 1. The number of furan rings is 1. The van der Waals surface area contributed by atoms with E-state index in [0.717, 1.165) is 0 Å². The molecule has 5 nitrogen and oxygen atoms in total. The summed E-state index contributed by atoms with van der Waals surface area (Å²) < 4.78 is 4.59. The largest absolute Gasteiger partial charge is 0.526 e. The molecule has 0 bridgehead atoms. The second kappa shape index (κ2) is 5.64. The third kappa shape index (κ3) is 2.99. The fourth-order valence-corrected chi connectivity index (χ4v) is 1.74. The van der Waals surface area contributed by atoms with Crippen molar-refractivity contribution in [1.82, 2.24) is 0 Å². The molecule has 0 atom stereocenters. The fraction of sp³-hybridized carbons (Fsp3) is 0.0769. The number of Topliss-reactive ketones (excluding diaryl/α,β-unsaturated/α-hetero) is 2. The molecule has 0 fully saturated rings. The highest BCUT2D eigenvalue weighted by Gasteiger charge is 2.25. The molecule has 96 valence electrons. The Morgan fingerprint density at radius 2 is 1.53 bits per heavy atom. The summed E-state index contributed by atoms with van der Waals surface area (Å²) in [6, 6.07) is 10.0. The van der Waals surface area contributed by atoms with Gasteiger partial charge in [0.25, 0.3) is 0 Å². The highest BCUT2D eigenvalue weighted by Crippen LogP contribution is 2.20. The van der Waals surface area contributed by atoms with E-state index in [9.17, 15) is 9.59 Å². The van der Waals surface area contributed by atoms with Crippen LogP contribution in [0.2, 0.25) is 0 Å². The maximum absolute atomic E-state index is 11.1. The molecular formula is C13H11BO5. The zero-order chi connectivity index (χ0) is 13.8. The van der Waals surface area contributed by atoms with E-state index in [1.165, 1.54) is 12.3 Å². The molecule has 1 heterocycles. The maximum Gasteiger partial charge on any atom is 0.526 e. The molecule has 2 aromatic rings. The number of hydrogen-bond donors (Lipinski definition) is 2. The molecule has 0 radical (unpaired) electrons. The fourth-order valence-electron chi connectivity index (χ4n) is 1.74. The smallest absolute Gasteiger partial charge is 0.473 e. The van der Waals surface area contributed by atoms with Crippen LogP contribution in [-0.4, -0.2) is 28.7 Å². The molecule has 1 aromatic carbocycles. The third-order valence-corrected chi connectivity index (χ3v) is 2.65. The number of rotatable bonds is 1. The van der Waals surface area contributed by atoms with Gasteiger partial charge in [0, 0.05) is 11.1 Å². The van der Waals surface area contributed by atoms with Crippen LogP contribution >= 0.6 is 0 Å². The lowest BCUT2D eigenvalue weighted by Gasteiger charge is -1.90. The molecule has 3 rings (SSSR count). The minimum Gasteiger partial charge on any atom is -0.473 e. The lowest BCUT2D eigenvalue weighted by atomic mass is 9.88. The predicted octanol–water partition coefficient (Wildman–Crippen LogP) is 0.415. The van der Waals surface area contributed by atoms with Crippen molar-refractivity contribution in [2.75, 3.05) is 0 Å². The Hall–Kier alpha value is -2.18. The molecular weight excluding hydrogens is 247 g/mol. The summed E-state index contributed by atoms with van der Waals surface area (Å²) in [5.74, 6) is -0.101. The van der Waals surface area contributed by atoms with Gasteiger partial charge < -0.3 is 14.5 Å². The Morgan fingerprint density at radius 3 is 1.89 bits per heavy atom. The van der Waals surface area contributed by atoms with Gasteiger partial charge in [0.1, 0.15) is 5.66 Å². The van der Waals surface area contributed by atoms with Crippen LogP contribution in [0.1, 0.15) is 27.1 Å². The second-order valence-electron chi connectivity index (χ2n) is 3.96. The van der Waals surface area contributed by atoms with Crippen molar-refractivity contribution in [3.63, 3.8) is 0 Å². The number of hydrogen-bond acceptors (Lipinski definition) is 5. The SMILES string of the molecule is O=C1CC(=O)c2ccccc21.OB(O)c1ccco1. The predicted molar refractivity (Wildman–Crippen MR) is 68.3 cm³/mol. The molecule has 19 heavy (non-hydrogen) atoms. The van der Waals surface area contributed by atoms with Gasteiger partial charge in [-0.2, -0.15) is 0 Å². The molecule has 6 heteroatoms. The Kier molecular flexibility index (Phi) is 3.94. The molecule has 1 aliphatic carbocycles. The van der Waals surface area contributed by atoms with Gasteiger partial charge in [-0.05, 0) is 12.1 Å². The van der Waals surface area contributed by atoms with Crippen molar-refractivity contribution in [3.8, 4) is 0 Å². The van der Waals surface area contributed by atoms with Crippen LogP contribution in [0.5, 0.6) is 0 Å². The van der Waals surface area contributed by atoms with Crippen LogP contribution in [0, 0.1) is 0 Å². The van der Waals surface area contributed by atoms with Crippen molar-refractivity contribution in [2.24, 2.45) is 0 Å². The molecule has 0 saturated heterocycles. The van der Waals surface area contributed by atoms with Crippen molar-refractivity contribution < 1.29 is 24.1 Å². The van der Waals surface area contributed by atoms with Gasteiger partial charge in [-0.15, -0.1) is 0 Å². The first-order valence-corrected chi connectivity index (χ1v) is 5.64. The Morgan fingerprint density at radius 1 is 0.947 bits per heavy atom. The summed E-state index contributed by atoms with van der Waals surface area (Å²) in [4.78, 5) is 22.1. The van der Waals surface area contributed by atoms with Crippen LogP contribution in [0.3, 0.4) is 0 Å². The summed E-state index contributed by atoms with van der Waals surface area (Å²) in [6.07, 6.45) is 1.44. The monoisotopic (exact) mass is 258 g/mol. The molecule has 0 amide bonds. The lowest BCUT2D eigenvalue weighted by molar-refractivity contribution is 0.0923. The zero-order valence-electron chi connectivity index (χ0n) is 9.95. The first-order chi connectivity index (χ1) is 9.09. The Balaban J connectivity index is 0.000000148. The van der Waals surface area contributed by atoms with E-state index in [2.05, 4.69) is 4.42 Å². The topological polar surface area (TPSA) is 87.7 Å². The van der Waals surface area contributed by atoms with Crippen LogP contribution in [-0.2, 0) is 0 Å². The lowest BCUT2D eigenvalue weighted by Crippen LogP contribution is -2.27. The summed E-state index contributed by atoms with van der Waals surface area (Å²) in [5, 5.41) is 16.7. The first kappa shape index (κ1) is 13.3. The van der Waals surface area contributed by atoms with Crippen LogP contribution < -0.4 is 5.66 Å². The highest BCUT2D eigenvalue weighted by molar-refractivity contribution is 6.56. The number of ketones is 2. The van der Waals surface area contributed by atoms with Crippen molar-refractivity contribution in [2.45, 2.75) is 6.42 Å². The van der Waals surface area contributed by atoms with Gasteiger partial charge in [0.05, 0.1) is 12.7 Å². The van der Waals surface area contributed by atoms with E-state index in [4.69, 9.17) is 10.0 Å². The summed E-state index contributed by atoms with van der Waals surface area (Å²) in [7, 11) is -1.48. The average Bonchev–Trinajstić information content (AvgIpc) is 3.01. The summed E-state index contributed by atoms with van der Waals surface area (Å²) in [6.45, 7) is 0. The van der Waals surface area contributed by atoms with E-state index in [-0.39, 0.29) is 23.6 Å². The van der Waals surface area contributed by atoms with Gasteiger partial charge in [-0.3, -0.25) is 9.59 Å². The molecule has 0 saturated carbocycles. The Labute approximate surface area is 109 Å². The van der Waals surface area contributed by atoms with Crippen LogP contribution in [0.4, 0.5) is 0 Å². The van der Waals surface area contributed by atoms with E-state index in [1.54, 1.807) is 30.3 Å². The molecule has 0 unspecified atom stereocenters. The Bertz CT molecular complexity index is 556. The summed E-state index contributed by atoms with van der Waals surface area (Å²) >= 11 is 0. The van der Waals surface area contributed by atoms with Crippen LogP contribution in [0.25, 0.3) is 0 Å². The van der Waals surface area contributed by atoms with E-state index in [1.807, 2.05) is 0 Å². The molecule has 0 aliphatic heterocycles. The maximum atomic E-state index is 11.1. The van der Waals surface area contributed by atoms with E-state index < -0.39 is 7.12 Å². The minimum absolute atomic E-state index is 0.0504. The van der Waals surface area contributed by atoms with Gasteiger partial charge in [0.2, 0.25) is 0 Å². The molecule has 1 aromatic heterocycles. The highest BCUT2D eigenvalue weighted by atomic mass is 16.4. The second-order valence-corrected chi connectivity index (χ2v) is 3.96.